The first-order chi connectivity index (χ1) is 8.67. The summed E-state index contributed by atoms with van der Waals surface area (Å²) in [7, 11) is 0. The molecule has 18 heavy (non-hydrogen) atoms. The number of carboxylic acid groups (broad SMARTS) is 1. The molecule has 0 amide bonds. The maximum Gasteiger partial charge on any atom is 0.371 e. The summed E-state index contributed by atoms with van der Waals surface area (Å²) in [6.07, 6.45) is 0.525. The average molecular weight is 274 g/mol. The molecule has 0 aliphatic carbocycles. The van der Waals surface area contributed by atoms with E-state index in [0.717, 1.165) is 12.2 Å². The Morgan fingerprint density at radius 3 is 2.56 bits per heavy atom. The maximum atomic E-state index is 10.6. The van der Waals surface area contributed by atoms with Gasteiger partial charge in [0.2, 0.25) is 5.76 Å². The second-order valence-corrected chi connectivity index (χ2v) is 4.50. The van der Waals surface area contributed by atoms with Crippen LogP contribution in [0.1, 0.15) is 30.8 Å². The molecule has 1 N–H and O–H groups in total. The molecule has 0 aromatic carbocycles. The highest BCUT2D eigenvalue weighted by molar-refractivity contribution is 7.99. The first kappa shape index (κ1) is 15.1. The number of rotatable bonds is 9. The van der Waals surface area contributed by atoms with Crippen LogP contribution in [0, 0.1) is 0 Å². The van der Waals surface area contributed by atoms with Gasteiger partial charge in [0.25, 0.3) is 0 Å². The van der Waals surface area contributed by atoms with Crippen molar-refractivity contribution in [3.8, 4) is 0 Å². The fourth-order valence-electron chi connectivity index (χ4n) is 1.35. The van der Waals surface area contributed by atoms with E-state index in [4.69, 9.17) is 19.0 Å². The van der Waals surface area contributed by atoms with E-state index in [1.807, 2.05) is 13.8 Å². The summed E-state index contributed by atoms with van der Waals surface area (Å²) in [5.74, 6) is -0.343. The van der Waals surface area contributed by atoms with Crippen LogP contribution >= 0.6 is 11.8 Å². The first-order valence-corrected chi connectivity index (χ1v) is 6.85. The number of thioether (sulfide) groups is 1. The Morgan fingerprint density at radius 2 is 2.06 bits per heavy atom. The monoisotopic (exact) mass is 274 g/mol. The van der Waals surface area contributed by atoms with Crippen molar-refractivity contribution in [1.82, 2.24) is 0 Å². The summed E-state index contributed by atoms with van der Waals surface area (Å²) in [6, 6.07) is 3.11. The minimum Gasteiger partial charge on any atom is -0.475 e. The highest BCUT2D eigenvalue weighted by Gasteiger charge is 2.11. The van der Waals surface area contributed by atoms with Gasteiger partial charge in [-0.3, -0.25) is 0 Å². The van der Waals surface area contributed by atoms with Crippen LogP contribution < -0.4 is 0 Å². The molecule has 0 radical (unpaired) electrons. The lowest BCUT2D eigenvalue weighted by atomic mass is 10.5. The van der Waals surface area contributed by atoms with E-state index in [1.165, 1.54) is 17.8 Å². The van der Waals surface area contributed by atoms with Gasteiger partial charge in [-0.2, -0.15) is 0 Å². The van der Waals surface area contributed by atoms with E-state index in [9.17, 15) is 4.79 Å². The highest BCUT2D eigenvalue weighted by Crippen LogP contribution is 2.22. The summed E-state index contributed by atoms with van der Waals surface area (Å²) in [6.45, 7) is 5.06. The largest absolute Gasteiger partial charge is 0.475 e. The van der Waals surface area contributed by atoms with E-state index in [2.05, 4.69) is 0 Å². The van der Waals surface area contributed by atoms with Crippen molar-refractivity contribution < 1.29 is 23.8 Å². The molecular formula is C12H18O5S. The average Bonchev–Trinajstić information content (AvgIpc) is 2.78. The van der Waals surface area contributed by atoms with Crippen LogP contribution in [0.2, 0.25) is 0 Å². The predicted molar refractivity (Wildman–Crippen MR) is 68.0 cm³/mol. The van der Waals surface area contributed by atoms with E-state index in [1.54, 1.807) is 6.07 Å². The molecular weight excluding hydrogens is 256 g/mol. The Morgan fingerprint density at radius 1 is 1.39 bits per heavy atom. The smallest absolute Gasteiger partial charge is 0.371 e. The molecule has 1 heterocycles. The van der Waals surface area contributed by atoms with Crippen LogP contribution in [0.25, 0.3) is 0 Å². The van der Waals surface area contributed by atoms with Crippen LogP contribution in [-0.4, -0.2) is 36.3 Å². The second kappa shape index (κ2) is 8.18. The van der Waals surface area contributed by atoms with Gasteiger partial charge in [0, 0.05) is 25.4 Å². The summed E-state index contributed by atoms with van der Waals surface area (Å²) in [5, 5.41) is 9.31. The number of hydrogen-bond acceptors (Lipinski definition) is 5. The summed E-state index contributed by atoms with van der Waals surface area (Å²) < 4.78 is 15.9. The fourth-order valence-corrected chi connectivity index (χ4v) is 2.18. The van der Waals surface area contributed by atoms with Crippen LogP contribution in [0.4, 0.5) is 0 Å². The van der Waals surface area contributed by atoms with Gasteiger partial charge in [0.1, 0.15) is 0 Å². The van der Waals surface area contributed by atoms with Crippen molar-refractivity contribution in [2.45, 2.75) is 31.7 Å². The molecule has 0 atom stereocenters. The van der Waals surface area contributed by atoms with E-state index in [0.29, 0.717) is 18.3 Å². The summed E-state index contributed by atoms with van der Waals surface area (Å²) in [4.78, 5) is 10.6. The van der Waals surface area contributed by atoms with E-state index in [-0.39, 0.29) is 12.1 Å². The van der Waals surface area contributed by atoms with Crippen LogP contribution in [0.15, 0.2) is 21.6 Å². The Labute approximate surface area is 110 Å². The lowest BCUT2D eigenvalue weighted by Gasteiger charge is -2.15. The van der Waals surface area contributed by atoms with Crippen molar-refractivity contribution in [3.05, 3.63) is 17.9 Å². The van der Waals surface area contributed by atoms with Crippen molar-refractivity contribution in [2.75, 3.05) is 19.0 Å². The number of carbonyl (C=O) groups is 1. The zero-order valence-corrected chi connectivity index (χ0v) is 11.4. The lowest BCUT2D eigenvalue weighted by Crippen LogP contribution is -2.18. The van der Waals surface area contributed by atoms with E-state index < -0.39 is 5.97 Å². The molecule has 1 aromatic heterocycles. The van der Waals surface area contributed by atoms with Gasteiger partial charge in [0.15, 0.2) is 11.4 Å². The third kappa shape index (κ3) is 5.12. The third-order valence-corrected chi connectivity index (χ3v) is 3.04. The molecule has 0 aliphatic rings. The lowest BCUT2D eigenvalue weighted by molar-refractivity contribution is -0.136. The minimum atomic E-state index is -1.05. The molecule has 0 bridgehead atoms. The third-order valence-electron chi connectivity index (χ3n) is 2.10. The molecule has 0 saturated carbocycles. The number of carboxylic acids is 1. The minimum absolute atomic E-state index is 0.0383. The SMILES string of the molecule is CCOC(CCSc1ccc(C(=O)O)o1)OCC. The standard InChI is InChI=1S/C12H18O5S/c1-3-15-10(16-4-2)7-8-18-11-6-5-9(17-11)12(13)14/h5-6,10H,3-4,7-8H2,1-2H3,(H,13,14). The van der Waals surface area contributed by atoms with Crippen molar-refractivity contribution in [1.29, 1.82) is 0 Å². The second-order valence-electron chi connectivity index (χ2n) is 3.40. The summed E-state index contributed by atoms with van der Waals surface area (Å²) >= 11 is 1.45. The molecule has 1 rings (SSSR count). The zero-order valence-electron chi connectivity index (χ0n) is 10.5. The van der Waals surface area contributed by atoms with Gasteiger partial charge in [-0.15, -0.1) is 0 Å². The molecule has 102 valence electrons. The van der Waals surface area contributed by atoms with Gasteiger partial charge in [-0.1, -0.05) is 11.8 Å². The Hall–Kier alpha value is -0.980. The van der Waals surface area contributed by atoms with Crippen LogP contribution in [0.5, 0.6) is 0 Å². The molecule has 0 aliphatic heterocycles. The van der Waals surface area contributed by atoms with Crippen molar-refractivity contribution >= 4 is 17.7 Å². The molecule has 5 nitrogen and oxygen atoms in total. The predicted octanol–water partition coefficient (Wildman–Crippen LogP) is 2.86. The number of ether oxygens (including phenoxy) is 2. The van der Waals surface area contributed by atoms with Crippen molar-refractivity contribution in [3.63, 3.8) is 0 Å². The molecule has 0 fully saturated rings. The van der Waals surface area contributed by atoms with Crippen molar-refractivity contribution in [2.24, 2.45) is 0 Å². The van der Waals surface area contributed by atoms with Gasteiger partial charge >= 0.3 is 5.97 Å². The number of furan rings is 1. The highest BCUT2D eigenvalue weighted by atomic mass is 32.2. The maximum absolute atomic E-state index is 10.6. The van der Waals surface area contributed by atoms with Gasteiger partial charge < -0.3 is 19.0 Å². The normalized spacial score (nSPS) is 11.1. The molecule has 0 spiro atoms. The van der Waals surface area contributed by atoms with Gasteiger partial charge in [-0.05, 0) is 26.0 Å². The number of aromatic carboxylic acids is 1. The molecule has 1 aromatic rings. The van der Waals surface area contributed by atoms with Gasteiger partial charge in [-0.25, -0.2) is 4.79 Å². The quantitative estimate of drug-likeness (QED) is 0.551. The zero-order chi connectivity index (χ0) is 13.4. The van der Waals surface area contributed by atoms with E-state index >= 15 is 0 Å². The molecule has 0 unspecified atom stereocenters. The Kier molecular flexibility index (Phi) is 6.85. The summed E-state index contributed by atoms with van der Waals surface area (Å²) in [5.41, 5.74) is 0. The fraction of sp³-hybridized carbons (Fsp3) is 0.583. The van der Waals surface area contributed by atoms with Crippen LogP contribution in [0.3, 0.4) is 0 Å². The number of hydrogen-bond donors (Lipinski definition) is 1. The molecule has 6 heteroatoms. The van der Waals surface area contributed by atoms with Gasteiger partial charge in [0.05, 0.1) is 0 Å². The Balaban J connectivity index is 2.32. The Bertz CT molecular complexity index is 357. The van der Waals surface area contributed by atoms with Crippen LogP contribution in [-0.2, 0) is 9.47 Å². The first-order valence-electron chi connectivity index (χ1n) is 5.86. The molecule has 0 saturated heterocycles. The topological polar surface area (TPSA) is 68.9 Å².